The van der Waals surface area contributed by atoms with E-state index in [0.29, 0.717) is 53.5 Å². The standard InChI is InChI=1S/C33H36Cl2N4O4/c1-21-17-26(12-13-27(21)35)37-32(42)28(11-4-5-16-36)38-33(43)29-19-22-7-2-3-8-24(22)20-39(29)31(41)15-14-30(40)23-9-6-10-25(34)18-23/h2-3,6-10,12-13,17-18,28-29H,4-5,11,14-16,19-20,36H2,1H3,(H,37,42)(H,38,43)/t28-,29-/m0/s1. The number of anilines is 1. The van der Waals surface area contributed by atoms with Crippen molar-refractivity contribution in [2.45, 2.75) is 64.1 Å². The molecule has 226 valence electrons. The van der Waals surface area contributed by atoms with Crippen molar-refractivity contribution in [3.05, 3.63) is 99.0 Å². The Morgan fingerprint density at radius 1 is 0.953 bits per heavy atom. The Morgan fingerprint density at radius 3 is 2.44 bits per heavy atom. The van der Waals surface area contributed by atoms with Gasteiger partial charge in [-0.3, -0.25) is 19.2 Å². The summed E-state index contributed by atoms with van der Waals surface area (Å²) in [7, 11) is 0. The second-order valence-electron chi connectivity index (χ2n) is 10.7. The Hall–Kier alpha value is -3.72. The van der Waals surface area contributed by atoms with Crippen LogP contribution in [0, 0.1) is 6.92 Å². The Labute approximate surface area is 261 Å². The second-order valence-corrected chi connectivity index (χ2v) is 11.6. The van der Waals surface area contributed by atoms with Crippen LogP contribution in [0.5, 0.6) is 0 Å². The minimum Gasteiger partial charge on any atom is -0.342 e. The number of nitrogens with one attached hydrogen (secondary N) is 2. The van der Waals surface area contributed by atoms with Crippen molar-refractivity contribution in [3.63, 3.8) is 0 Å². The van der Waals surface area contributed by atoms with E-state index in [-0.39, 0.29) is 37.0 Å². The van der Waals surface area contributed by atoms with Crippen LogP contribution in [-0.4, -0.2) is 47.0 Å². The Morgan fingerprint density at radius 2 is 1.72 bits per heavy atom. The molecule has 8 nitrogen and oxygen atoms in total. The maximum absolute atomic E-state index is 13.8. The zero-order valence-corrected chi connectivity index (χ0v) is 25.6. The lowest BCUT2D eigenvalue weighted by molar-refractivity contribution is -0.142. The predicted octanol–water partition coefficient (Wildman–Crippen LogP) is 5.47. The van der Waals surface area contributed by atoms with E-state index in [4.69, 9.17) is 28.9 Å². The van der Waals surface area contributed by atoms with E-state index in [0.717, 1.165) is 16.7 Å². The van der Waals surface area contributed by atoms with Gasteiger partial charge >= 0.3 is 0 Å². The lowest BCUT2D eigenvalue weighted by atomic mass is 9.92. The molecule has 0 unspecified atom stereocenters. The topological polar surface area (TPSA) is 122 Å². The summed E-state index contributed by atoms with van der Waals surface area (Å²) in [6.07, 6.45) is 1.93. The minimum absolute atomic E-state index is 0.0176. The van der Waals surface area contributed by atoms with E-state index in [2.05, 4.69) is 10.6 Å². The number of carbonyl (C=O) groups excluding carboxylic acids is 4. The molecule has 1 aliphatic heterocycles. The number of hydrogen-bond donors (Lipinski definition) is 3. The second kappa shape index (κ2) is 15.1. The van der Waals surface area contributed by atoms with Gasteiger partial charge in [-0.1, -0.05) is 59.6 Å². The van der Waals surface area contributed by atoms with Crippen LogP contribution in [0.3, 0.4) is 0 Å². The van der Waals surface area contributed by atoms with Gasteiger partial charge in [-0.2, -0.15) is 0 Å². The van der Waals surface area contributed by atoms with Gasteiger partial charge < -0.3 is 21.3 Å². The quantitative estimate of drug-likeness (QED) is 0.183. The number of halogens is 2. The first-order valence-electron chi connectivity index (χ1n) is 14.4. The Balaban J connectivity index is 1.50. The third kappa shape index (κ3) is 8.66. The highest BCUT2D eigenvalue weighted by molar-refractivity contribution is 6.31. The number of rotatable bonds is 12. The molecule has 4 N–H and O–H groups in total. The number of unbranched alkanes of at least 4 members (excludes halogenated alkanes) is 1. The van der Waals surface area contributed by atoms with E-state index in [1.54, 1.807) is 42.5 Å². The molecule has 0 saturated carbocycles. The van der Waals surface area contributed by atoms with Crippen LogP contribution in [0.15, 0.2) is 66.7 Å². The first-order chi connectivity index (χ1) is 20.7. The van der Waals surface area contributed by atoms with Crippen LogP contribution < -0.4 is 16.4 Å². The molecule has 2 atom stereocenters. The van der Waals surface area contributed by atoms with E-state index in [1.165, 1.54) is 4.90 Å². The number of amides is 3. The van der Waals surface area contributed by atoms with Crippen molar-refractivity contribution < 1.29 is 19.2 Å². The molecule has 1 aliphatic rings. The zero-order chi connectivity index (χ0) is 30.9. The maximum atomic E-state index is 13.8. The molecule has 3 aromatic carbocycles. The lowest BCUT2D eigenvalue weighted by Crippen LogP contribution is -2.56. The number of Topliss-reactive ketones (excluding diaryl/α,β-unsaturated/α-hetero) is 1. The fourth-order valence-corrected chi connectivity index (χ4v) is 5.48. The fourth-order valence-electron chi connectivity index (χ4n) is 5.17. The average Bonchev–Trinajstić information content (AvgIpc) is 3.00. The van der Waals surface area contributed by atoms with Crippen molar-refractivity contribution in [2.24, 2.45) is 5.73 Å². The number of nitrogens with zero attached hydrogens (tertiary/aromatic N) is 1. The van der Waals surface area contributed by atoms with Gasteiger partial charge in [-0.25, -0.2) is 0 Å². The van der Waals surface area contributed by atoms with Crippen molar-refractivity contribution in [3.8, 4) is 0 Å². The van der Waals surface area contributed by atoms with Crippen LogP contribution in [0.25, 0.3) is 0 Å². The minimum atomic E-state index is -0.841. The van der Waals surface area contributed by atoms with Gasteiger partial charge in [0.2, 0.25) is 17.7 Å². The molecule has 0 aromatic heterocycles. The fraction of sp³-hybridized carbons (Fsp3) is 0.333. The molecule has 43 heavy (non-hydrogen) atoms. The third-order valence-corrected chi connectivity index (χ3v) is 8.25. The van der Waals surface area contributed by atoms with Crippen LogP contribution >= 0.6 is 23.2 Å². The number of ketones is 1. The first kappa shape index (κ1) is 32.2. The highest BCUT2D eigenvalue weighted by Crippen LogP contribution is 2.26. The summed E-state index contributed by atoms with van der Waals surface area (Å²) in [5, 5.41) is 6.82. The summed E-state index contributed by atoms with van der Waals surface area (Å²) in [5.41, 5.74) is 9.39. The van der Waals surface area contributed by atoms with Crippen molar-refractivity contribution >= 4 is 52.4 Å². The average molecular weight is 624 g/mol. The molecule has 0 aliphatic carbocycles. The van der Waals surface area contributed by atoms with Crippen molar-refractivity contribution in [2.75, 3.05) is 11.9 Å². The van der Waals surface area contributed by atoms with E-state index >= 15 is 0 Å². The van der Waals surface area contributed by atoms with E-state index in [9.17, 15) is 19.2 Å². The maximum Gasteiger partial charge on any atom is 0.246 e. The van der Waals surface area contributed by atoms with Gasteiger partial charge in [-0.15, -0.1) is 0 Å². The molecule has 3 amide bonds. The molecule has 4 rings (SSSR count). The SMILES string of the molecule is Cc1cc(NC(=O)[C@H](CCCCN)NC(=O)[C@@H]2Cc3ccccc3CN2C(=O)CCC(=O)c2cccc(Cl)c2)ccc1Cl. The molecule has 10 heteroatoms. The van der Waals surface area contributed by atoms with Crippen LogP contribution in [0.4, 0.5) is 5.69 Å². The van der Waals surface area contributed by atoms with Crippen LogP contribution in [0.2, 0.25) is 10.0 Å². The molecular formula is C33H36Cl2N4O4. The summed E-state index contributed by atoms with van der Waals surface area (Å²) < 4.78 is 0. The molecule has 0 saturated heterocycles. The third-order valence-electron chi connectivity index (χ3n) is 7.59. The summed E-state index contributed by atoms with van der Waals surface area (Å²) in [6.45, 7) is 2.54. The number of carbonyl (C=O) groups is 4. The Bertz CT molecular complexity index is 1500. The van der Waals surface area contributed by atoms with Gasteiger partial charge in [0.05, 0.1) is 0 Å². The number of benzene rings is 3. The molecule has 0 radical (unpaired) electrons. The first-order valence-corrected chi connectivity index (χ1v) is 15.1. The number of fused-ring (bicyclic) bond motifs is 1. The largest absolute Gasteiger partial charge is 0.342 e. The van der Waals surface area contributed by atoms with Gasteiger partial charge in [-0.05, 0) is 79.8 Å². The van der Waals surface area contributed by atoms with E-state index < -0.39 is 18.0 Å². The summed E-state index contributed by atoms with van der Waals surface area (Å²) in [6, 6.07) is 17.7. The van der Waals surface area contributed by atoms with Gasteiger partial charge in [0.1, 0.15) is 12.1 Å². The molecule has 0 bridgehead atoms. The van der Waals surface area contributed by atoms with Gasteiger partial charge in [0.25, 0.3) is 0 Å². The Kier molecular flexibility index (Phi) is 11.3. The smallest absolute Gasteiger partial charge is 0.246 e. The monoisotopic (exact) mass is 622 g/mol. The van der Waals surface area contributed by atoms with E-state index in [1.807, 2.05) is 31.2 Å². The normalized spacial score (nSPS) is 14.9. The number of aryl methyl sites for hydroxylation is 1. The lowest BCUT2D eigenvalue weighted by Gasteiger charge is -2.37. The van der Waals surface area contributed by atoms with Crippen LogP contribution in [0.1, 0.15) is 59.2 Å². The molecule has 1 heterocycles. The predicted molar refractivity (Wildman–Crippen MR) is 169 cm³/mol. The molecular weight excluding hydrogens is 587 g/mol. The highest BCUT2D eigenvalue weighted by atomic mass is 35.5. The summed E-state index contributed by atoms with van der Waals surface area (Å²) in [4.78, 5) is 55.0. The van der Waals surface area contributed by atoms with Crippen molar-refractivity contribution in [1.82, 2.24) is 10.2 Å². The van der Waals surface area contributed by atoms with Crippen LogP contribution in [-0.2, 0) is 27.3 Å². The van der Waals surface area contributed by atoms with Crippen molar-refractivity contribution in [1.29, 1.82) is 0 Å². The molecule has 0 spiro atoms. The van der Waals surface area contributed by atoms with Gasteiger partial charge in [0, 0.05) is 47.1 Å². The molecule has 3 aromatic rings. The highest BCUT2D eigenvalue weighted by Gasteiger charge is 2.36. The summed E-state index contributed by atoms with van der Waals surface area (Å²) in [5.74, 6) is -1.31. The summed E-state index contributed by atoms with van der Waals surface area (Å²) >= 11 is 12.2. The molecule has 0 fully saturated rings. The zero-order valence-electron chi connectivity index (χ0n) is 24.1. The van der Waals surface area contributed by atoms with Gasteiger partial charge in [0.15, 0.2) is 5.78 Å². The number of nitrogens with two attached hydrogens (primary N) is 1. The number of hydrogen-bond acceptors (Lipinski definition) is 5.